The molecule has 6 nitrogen and oxygen atoms in total. The van der Waals surface area contributed by atoms with Crippen molar-refractivity contribution in [2.45, 2.75) is 6.92 Å². The molecule has 8 heteroatoms. The van der Waals surface area contributed by atoms with Gasteiger partial charge in [0, 0.05) is 22.4 Å². The topological polar surface area (TPSA) is 83.8 Å². The zero-order valence-corrected chi connectivity index (χ0v) is 15.3. The summed E-state index contributed by atoms with van der Waals surface area (Å²) in [4.78, 5) is 15.7. The molecule has 0 aliphatic carbocycles. The number of carbonyl (C=O) groups excluding carboxylic acids is 1. The fourth-order valence-corrected chi connectivity index (χ4v) is 2.52. The van der Waals surface area contributed by atoms with Crippen molar-refractivity contribution < 1.29 is 14.6 Å². The van der Waals surface area contributed by atoms with Crippen LogP contribution < -0.4 is 10.2 Å². The van der Waals surface area contributed by atoms with E-state index in [2.05, 4.69) is 47.4 Å². The SMILES string of the molecule is CCOc1cc(/C=N/NC(=O)c2cccnc2)c(Br)c(Br)c1O. The van der Waals surface area contributed by atoms with Gasteiger partial charge >= 0.3 is 0 Å². The smallest absolute Gasteiger partial charge is 0.272 e. The van der Waals surface area contributed by atoms with E-state index in [1.807, 2.05) is 6.92 Å². The molecule has 1 aromatic heterocycles. The Labute approximate surface area is 149 Å². The molecule has 120 valence electrons. The second-order valence-corrected chi connectivity index (χ2v) is 5.90. The van der Waals surface area contributed by atoms with E-state index in [4.69, 9.17) is 4.74 Å². The van der Waals surface area contributed by atoms with Gasteiger partial charge in [-0.1, -0.05) is 0 Å². The summed E-state index contributed by atoms with van der Waals surface area (Å²) < 4.78 is 6.39. The number of pyridine rings is 1. The van der Waals surface area contributed by atoms with Crippen molar-refractivity contribution >= 4 is 44.0 Å². The molecule has 1 heterocycles. The van der Waals surface area contributed by atoms with Gasteiger partial charge in [0.25, 0.3) is 5.91 Å². The third-order valence-corrected chi connectivity index (χ3v) is 4.93. The summed E-state index contributed by atoms with van der Waals surface area (Å²) in [7, 11) is 0. The minimum absolute atomic E-state index is 0.00438. The van der Waals surface area contributed by atoms with Crippen molar-refractivity contribution in [3.8, 4) is 11.5 Å². The fourth-order valence-electron chi connectivity index (χ4n) is 1.69. The Kier molecular flexibility index (Phi) is 6.12. The minimum Gasteiger partial charge on any atom is -0.503 e. The van der Waals surface area contributed by atoms with Gasteiger partial charge in [0.2, 0.25) is 0 Å². The summed E-state index contributed by atoms with van der Waals surface area (Å²) in [5.41, 5.74) is 3.45. The Morgan fingerprint density at radius 3 is 2.91 bits per heavy atom. The Morgan fingerprint density at radius 1 is 1.48 bits per heavy atom. The van der Waals surface area contributed by atoms with E-state index >= 15 is 0 Å². The maximum Gasteiger partial charge on any atom is 0.272 e. The van der Waals surface area contributed by atoms with E-state index in [9.17, 15) is 9.90 Å². The van der Waals surface area contributed by atoms with Gasteiger partial charge in [-0.2, -0.15) is 5.10 Å². The molecule has 0 atom stereocenters. The molecule has 0 saturated carbocycles. The number of phenols is 1. The van der Waals surface area contributed by atoms with E-state index in [1.165, 1.54) is 12.4 Å². The van der Waals surface area contributed by atoms with Gasteiger partial charge < -0.3 is 9.84 Å². The van der Waals surface area contributed by atoms with Crippen molar-refractivity contribution in [3.05, 3.63) is 50.7 Å². The third-order valence-electron chi connectivity index (χ3n) is 2.77. The number of hydrazone groups is 1. The number of nitrogens with one attached hydrogen (secondary N) is 1. The number of amides is 1. The van der Waals surface area contributed by atoms with Crippen LogP contribution in [-0.4, -0.2) is 28.8 Å². The molecule has 2 rings (SSSR count). The molecule has 0 saturated heterocycles. The standard InChI is InChI=1S/C15H13Br2N3O3/c1-2-23-11-6-10(12(16)13(17)14(11)21)8-19-20-15(22)9-4-3-5-18-7-9/h3-8,21H,2H2,1H3,(H,20,22)/b19-8+. The molecule has 0 fully saturated rings. The van der Waals surface area contributed by atoms with Crippen LogP contribution in [0.5, 0.6) is 11.5 Å². The van der Waals surface area contributed by atoms with Gasteiger partial charge in [0.15, 0.2) is 11.5 Å². The van der Waals surface area contributed by atoms with Crippen molar-refractivity contribution in [2.24, 2.45) is 5.10 Å². The molecule has 0 spiro atoms. The van der Waals surface area contributed by atoms with Crippen LogP contribution in [0.1, 0.15) is 22.8 Å². The average Bonchev–Trinajstić information content (AvgIpc) is 2.57. The van der Waals surface area contributed by atoms with Gasteiger partial charge in [-0.15, -0.1) is 0 Å². The molecule has 2 aromatic rings. The van der Waals surface area contributed by atoms with E-state index in [0.29, 0.717) is 32.4 Å². The number of ether oxygens (including phenoxy) is 1. The second kappa shape index (κ2) is 8.07. The molecule has 0 aliphatic rings. The van der Waals surface area contributed by atoms with Crippen LogP contribution in [0.15, 0.2) is 44.6 Å². The molecule has 0 radical (unpaired) electrons. The lowest BCUT2D eigenvalue weighted by Gasteiger charge is -2.10. The van der Waals surface area contributed by atoms with Crippen LogP contribution >= 0.6 is 31.9 Å². The number of carbonyl (C=O) groups is 1. The maximum absolute atomic E-state index is 11.9. The molecule has 0 unspecified atom stereocenters. The van der Waals surface area contributed by atoms with Crippen molar-refractivity contribution in [3.63, 3.8) is 0 Å². The van der Waals surface area contributed by atoms with Gasteiger partial charge in [0.1, 0.15) is 0 Å². The quantitative estimate of drug-likeness (QED) is 0.548. The number of hydrogen-bond acceptors (Lipinski definition) is 5. The molecule has 0 bridgehead atoms. The lowest BCUT2D eigenvalue weighted by molar-refractivity contribution is 0.0955. The van der Waals surface area contributed by atoms with E-state index in [0.717, 1.165) is 0 Å². The molecule has 2 N–H and O–H groups in total. The van der Waals surface area contributed by atoms with E-state index in [-0.39, 0.29) is 11.7 Å². The zero-order chi connectivity index (χ0) is 16.8. The first-order chi connectivity index (χ1) is 11.0. The van der Waals surface area contributed by atoms with Crippen LogP contribution in [0.25, 0.3) is 0 Å². The summed E-state index contributed by atoms with van der Waals surface area (Å²) in [6.45, 7) is 2.23. The van der Waals surface area contributed by atoms with Crippen LogP contribution in [0.3, 0.4) is 0 Å². The summed E-state index contributed by atoms with van der Waals surface area (Å²) >= 11 is 6.63. The Morgan fingerprint density at radius 2 is 2.26 bits per heavy atom. The number of rotatable bonds is 5. The lowest BCUT2D eigenvalue weighted by Crippen LogP contribution is -2.17. The first-order valence-electron chi connectivity index (χ1n) is 6.61. The van der Waals surface area contributed by atoms with Crippen molar-refractivity contribution in [1.82, 2.24) is 10.4 Å². The number of hydrogen-bond donors (Lipinski definition) is 2. The summed E-state index contributed by atoms with van der Waals surface area (Å²) in [6.07, 6.45) is 4.48. The van der Waals surface area contributed by atoms with E-state index in [1.54, 1.807) is 24.4 Å². The number of nitrogens with zero attached hydrogens (tertiary/aromatic N) is 2. The van der Waals surface area contributed by atoms with E-state index < -0.39 is 0 Å². The molecular formula is C15H13Br2N3O3. The number of benzene rings is 1. The predicted molar refractivity (Wildman–Crippen MR) is 94.0 cm³/mol. The second-order valence-electron chi connectivity index (χ2n) is 4.31. The highest BCUT2D eigenvalue weighted by Gasteiger charge is 2.14. The highest BCUT2D eigenvalue weighted by atomic mass is 79.9. The highest BCUT2D eigenvalue weighted by molar-refractivity contribution is 9.13. The zero-order valence-electron chi connectivity index (χ0n) is 12.1. The number of aromatic hydroxyl groups is 1. The van der Waals surface area contributed by atoms with Crippen LogP contribution in [0.2, 0.25) is 0 Å². The van der Waals surface area contributed by atoms with Gasteiger partial charge in [-0.25, -0.2) is 5.43 Å². The normalized spacial score (nSPS) is 10.7. The van der Waals surface area contributed by atoms with Crippen LogP contribution in [0.4, 0.5) is 0 Å². The Bertz CT molecular complexity index is 736. The monoisotopic (exact) mass is 441 g/mol. The molecule has 23 heavy (non-hydrogen) atoms. The molecule has 1 aromatic carbocycles. The molecule has 0 aliphatic heterocycles. The van der Waals surface area contributed by atoms with Crippen molar-refractivity contribution in [1.29, 1.82) is 0 Å². The van der Waals surface area contributed by atoms with Crippen LogP contribution in [0, 0.1) is 0 Å². The maximum atomic E-state index is 11.9. The highest BCUT2D eigenvalue weighted by Crippen LogP contribution is 2.41. The fraction of sp³-hybridized carbons (Fsp3) is 0.133. The number of phenolic OH excluding ortho intramolecular Hbond substituents is 1. The summed E-state index contributed by atoms with van der Waals surface area (Å²) in [6, 6.07) is 4.92. The first-order valence-corrected chi connectivity index (χ1v) is 8.20. The predicted octanol–water partition coefficient (Wildman–Crippen LogP) is 3.47. The lowest BCUT2D eigenvalue weighted by atomic mass is 10.2. The number of aromatic nitrogens is 1. The van der Waals surface area contributed by atoms with Crippen molar-refractivity contribution in [2.75, 3.05) is 6.61 Å². The average molecular weight is 443 g/mol. The minimum atomic E-state index is -0.367. The molecule has 1 amide bonds. The Hall–Kier alpha value is -1.93. The van der Waals surface area contributed by atoms with Gasteiger partial charge in [0.05, 0.1) is 22.9 Å². The van der Waals surface area contributed by atoms with Gasteiger partial charge in [-0.05, 0) is 57.0 Å². The van der Waals surface area contributed by atoms with Crippen LogP contribution in [-0.2, 0) is 0 Å². The molecular weight excluding hydrogens is 430 g/mol. The first kappa shape index (κ1) is 17.4. The third kappa shape index (κ3) is 4.29. The summed E-state index contributed by atoms with van der Waals surface area (Å²) in [5.74, 6) is -0.0498. The largest absolute Gasteiger partial charge is 0.503 e. The number of halogens is 2. The summed E-state index contributed by atoms with van der Waals surface area (Å²) in [5, 5.41) is 13.9. The van der Waals surface area contributed by atoms with Gasteiger partial charge in [-0.3, -0.25) is 9.78 Å². The Balaban J connectivity index is 2.18.